The summed E-state index contributed by atoms with van der Waals surface area (Å²) in [5.74, 6) is 1.81. The molecule has 3 nitrogen and oxygen atoms in total. The van der Waals surface area contributed by atoms with Crippen molar-refractivity contribution in [3.63, 3.8) is 0 Å². The van der Waals surface area contributed by atoms with Crippen LogP contribution in [-0.4, -0.2) is 22.7 Å². The van der Waals surface area contributed by atoms with Crippen LogP contribution >= 0.6 is 0 Å². The van der Waals surface area contributed by atoms with Gasteiger partial charge in [0.1, 0.15) is 18.5 Å². The van der Waals surface area contributed by atoms with Gasteiger partial charge in [-0.2, -0.15) is 0 Å². The minimum atomic E-state index is -0.922. The van der Waals surface area contributed by atoms with Gasteiger partial charge < -0.3 is 4.74 Å². The van der Waals surface area contributed by atoms with E-state index >= 15 is 0 Å². The summed E-state index contributed by atoms with van der Waals surface area (Å²) < 4.78 is 19.9. The smallest absolute Gasteiger partial charge is 0.159 e. The normalized spacial score (nSPS) is 13.1. The maximum Gasteiger partial charge on any atom is 0.159 e. The van der Waals surface area contributed by atoms with E-state index in [-0.39, 0.29) is 6.61 Å². The molecule has 32 heavy (non-hydrogen) atoms. The molecule has 0 saturated heterocycles. The highest BCUT2D eigenvalue weighted by Gasteiger charge is 2.13. The van der Waals surface area contributed by atoms with E-state index < -0.39 is 6.17 Å². The van der Waals surface area contributed by atoms with Crippen molar-refractivity contribution in [3.05, 3.63) is 42.2 Å². The highest BCUT2D eigenvalue weighted by molar-refractivity contribution is 5.55. The summed E-state index contributed by atoms with van der Waals surface area (Å²) in [6.07, 6.45) is 17.1. The molecule has 178 valence electrons. The van der Waals surface area contributed by atoms with Gasteiger partial charge in [0.15, 0.2) is 5.82 Å². The van der Waals surface area contributed by atoms with Crippen molar-refractivity contribution in [1.82, 2.24) is 9.97 Å². The Morgan fingerprint density at radius 2 is 1.47 bits per heavy atom. The molecule has 0 N–H and O–H groups in total. The highest BCUT2D eigenvalue weighted by atomic mass is 19.1. The van der Waals surface area contributed by atoms with Gasteiger partial charge in [-0.05, 0) is 55.0 Å². The molecule has 0 saturated carbocycles. The van der Waals surface area contributed by atoms with Crippen molar-refractivity contribution in [2.24, 2.45) is 5.92 Å². The molecule has 0 fully saturated rings. The summed E-state index contributed by atoms with van der Waals surface area (Å²) in [5.41, 5.74) is 2.15. The fraction of sp³-hybridized carbons (Fsp3) is 0.643. The fourth-order valence-corrected chi connectivity index (χ4v) is 3.99. The predicted molar refractivity (Wildman–Crippen MR) is 133 cm³/mol. The van der Waals surface area contributed by atoms with Gasteiger partial charge in [0, 0.05) is 18.0 Å². The zero-order valence-electron chi connectivity index (χ0n) is 20.5. The Kier molecular flexibility index (Phi) is 13.0. The number of benzene rings is 1. The lowest BCUT2D eigenvalue weighted by molar-refractivity contribution is 0.168. The molecule has 0 bridgehead atoms. The molecule has 1 heterocycles. The van der Waals surface area contributed by atoms with E-state index in [9.17, 15) is 4.39 Å². The molecule has 2 unspecified atom stereocenters. The Morgan fingerprint density at radius 1 is 0.844 bits per heavy atom. The molecule has 0 radical (unpaired) electrons. The summed E-state index contributed by atoms with van der Waals surface area (Å²) in [7, 11) is 0. The molecule has 2 rings (SSSR count). The van der Waals surface area contributed by atoms with Crippen LogP contribution in [0.2, 0.25) is 0 Å². The lowest BCUT2D eigenvalue weighted by Crippen LogP contribution is -2.16. The van der Waals surface area contributed by atoms with Crippen molar-refractivity contribution in [2.45, 2.75) is 104 Å². The Hall–Kier alpha value is -1.97. The van der Waals surface area contributed by atoms with Crippen molar-refractivity contribution in [1.29, 1.82) is 0 Å². The molecule has 4 heteroatoms. The summed E-state index contributed by atoms with van der Waals surface area (Å²) in [4.78, 5) is 9.06. The lowest BCUT2D eigenvalue weighted by Gasteiger charge is -2.15. The van der Waals surface area contributed by atoms with E-state index in [2.05, 4.69) is 30.7 Å². The number of hydrogen-bond donors (Lipinski definition) is 0. The molecule has 1 aromatic heterocycles. The van der Waals surface area contributed by atoms with Gasteiger partial charge in [-0.15, -0.1) is 0 Å². The quantitative estimate of drug-likeness (QED) is 0.231. The average Bonchev–Trinajstić information content (AvgIpc) is 2.81. The second-order valence-corrected chi connectivity index (χ2v) is 9.20. The number of nitrogens with zero attached hydrogens (tertiary/aromatic N) is 2. The average molecular weight is 443 g/mol. The van der Waals surface area contributed by atoms with Crippen LogP contribution in [0.15, 0.2) is 36.7 Å². The molecule has 0 spiro atoms. The van der Waals surface area contributed by atoms with Crippen molar-refractivity contribution < 1.29 is 9.13 Å². The highest BCUT2D eigenvalue weighted by Crippen LogP contribution is 2.21. The molecule has 0 amide bonds. The molecule has 0 aliphatic carbocycles. The van der Waals surface area contributed by atoms with E-state index in [0.29, 0.717) is 23.9 Å². The van der Waals surface area contributed by atoms with Crippen LogP contribution in [0, 0.1) is 5.92 Å². The van der Waals surface area contributed by atoms with Crippen molar-refractivity contribution >= 4 is 0 Å². The summed E-state index contributed by atoms with van der Waals surface area (Å²) in [5, 5.41) is 0. The Labute approximate surface area is 195 Å². The van der Waals surface area contributed by atoms with E-state index in [1.807, 2.05) is 36.7 Å². The zero-order valence-corrected chi connectivity index (χ0v) is 20.5. The van der Waals surface area contributed by atoms with Crippen LogP contribution in [0.25, 0.3) is 11.4 Å². The number of alkyl halides is 1. The monoisotopic (exact) mass is 442 g/mol. The Balaban J connectivity index is 1.72. The van der Waals surface area contributed by atoms with Gasteiger partial charge in [0.2, 0.25) is 0 Å². The van der Waals surface area contributed by atoms with E-state index in [1.54, 1.807) is 0 Å². The second-order valence-electron chi connectivity index (χ2n) is 9.20. The Morgan fingerprint density at radius 3 is 2.16 bits per heavy atom. The third kappa shape index (κ3) is 10.6. The number of rotatable bonds is 17. The minimum absolute atomic E-state index is 0.112. The first-order valence-electron chi connectivity index (χ1n) is 12.8. The fourth-order valence-electron chi connectivity index (χ4n) is 3.99. The molecule has 2 atom stereocenters. The SMILES string of the molecule is CCCCCCCCc1cnc(-c2ccc(OCC(F)CC(C)CCCCC)cc2)nc1. The van der Waals surface area contributed by atoms with Gasteiger partial charge >= 0.3 is 0 Å². The van der Waals surface area contributed by atoms with Crippen LogP contribution in [0.1, 0.15) is 97.0 Å². The Bertz CT molecular complexity index is 717. The molecule has 0 aliphatic heterocycles. The number of aromatic nitrogens is 2. The first-order chi connectivity index (χ1) is 15.6. The zero-order chi connectivity index (χ0) is 23.0. The van der Waals surface area contributed by atoms with Crippen LogP contribution in [0.3, 0.4) is 0 Å². The van der Waals surface area contributed by atoms with Gasteiger partial charge in [0.25, 0.3) is 0 Å². The standard InChI is InChI=1S/C28H43FN2O/c1-4-6-8-9-10-12-14-24-20-30-28(31-21-24)25-15-17-27(18-16-25)32-22-26(29)19-23(3)13-11-7-5-2/h15-18,20-21,23,26H,4-14,19,22H2,1-3H3. The van der Waals surface area contributed by atoms with Gasteiger partial charge in [0.05, 0.1) is 0 Å². The molecule has 1 aromatic carbocycles. The lowest BCUT2D eigenvalue weighted by atomic mass is 9.98. The molecule has 0 aliphatic rings. The maximum absolute atomic E-state index is 14.3. The number of ether oxygens (including phenoxy) is 1. The van der Waals surface area contributed by atoms with E-state index in [4.69, 9.17) is 4.74 Å². The predicted octanol–water partition coefficient (Wildman–Crippen LogP) is 8.37. The van der Waals surface area contributed by atoms with Gasteiger partial charge in [-0.25, -0.2) is 14.4 Å². The van der Waals surface area contributed by atoms with Crippen molar-refractivity contribution in [2.75, 3.05) is 6.61 Å². The third-order valence-corrected chi connectivity index (χ3v) is 6.03. The topological polar surface area (TPSA) is 35.0 Å². The van der Waals surface area contributed by atoms with Gasteiger partial charge in [-0.1, -0.05) is 78.6 Å². The molecule has 2 aromatic rings. The van der Waals surface area contributed by atoms with Gasteiger partial charge in [-0.3, -0.25) is 0 Å². The number of unbranched alkanes of at least 4 members (excludes halogenated alkanes) is 7. The largest absolute Gasteiger partial charge is 0.491 e. The third-order valence-electron chi connectivity index (χ3n) is 6.03. The summed E-state index contributed by atoms with van der Waals surface area (Å²) in [6, 6.07) is 7.64. The van der Waals surface area contributed by atoms with Crippen molar-refractivity contribution in [3.8, 4) is 17.1 Å². The summed E-state index contributed by atoms with van der Waals surface area (Å²) in [6.45, 7) is 6.69. The van der Waals surface area contributed by atoms with Crippen LogP contribution in [0.4, 0.5) is 4.39 Å². The van der Waals surface area contributed by atoms with E-state index in [1.165, 1.54) is 63.4 Å². The van der Waals surface area contributed by atoms with E-state index in [0.717, 1.165) is 18.4 Å². The maximum atomic E-state index is 14.3. The first kappa shape index (κ1) is 26.3. The molecular formula is C28H43FN2O. The number of aryl methyl sites for hydroxylation is 1. The number of halogens is 1. The van der Waals surface area contributed by atoms with Crippen LogP contribution in [-0.2, 0) is 6.42 Å². The van der Waals surface area contributed by atoms with Crippen LogP contribution in [0.5, 0.6) is 5.75 Å². The minimum Gasteiger partial charge on any atom is -0.491 e. The summed E-state index contributed by atoms with van der Waals surface area (Å²) >= 11 is 0. The molecular weight excluding hydrogens is 399 g/mol. The van der Waals surface area contributed by atoms with Crippen LogP contribution < -0.4 is 4.74 Å². The number of hydrogen-bond acceptors (Lipinski definition) is 3. The first-order valence-corrected chi connectivity index (χ1v) is 12.8. The second kappa shape index (κ2) is 15.8.